The third-order valence-corrected chi connectivity index (χ3v) is 2.43. The fourth-order valence-electron chi connectivity index (χ4n) is 0.369. The fourth-order valence-corrected chi connectivity index (χ4v) is 1.55. The summed E-state index contributed by atoms with van der Waals surface area (Å²) >= 11 is 6.75. The molecule has 1 nitrogen and oxygen atoms in total. The molecule has 0 bridgehead atoms. The maximum absolute atomic E-state index is 5.20. The Morgan fingerprint density at radius 1 is 1.67 bits per heavy atom. The van der Waals surface area contributed by atoms with Crippen LogP contribution in [0.5, 0.6) is 0 Å². The van der Waals surface area contributed by atoms with Crippen molar-refractivity contribution in [2.24, 2.45) is 0 Å². The molecule has 1 unspecified atom stereocenters. The second kappa shape index (κ2) is 6.94. The van der Waals surface area contributed by atoms with E-state index in [-0.39, 0.29) is 0 Å². The molecule has 0 aliphatic rings. The van der Waals surface area contributed by atoms with Gasteiger partial charge in [0.1, 0.15) is 13.3 Å². The molecule has 0 aromatic carbocycles. The first-order valence-corrected chi connectivity index (χ1v) is 6.76. The van der Waals surface area contributed by atoms with Crippen molar-refractivity contribution in [1.82, 2.24) is 0 Å². The smallest absolute Gasteiger partial charge is 0.168 e. The van der Waals surface area contributed by atoms with Crippen LogP contribution < -0.4 is 0 Å². The van der Waals surface area contributed by atoms with E-state index in [0.717, 1.165) is 12.4 Å². The quantitative estimate of drug-likeness (QED) is 0.478. The van der Waals surface area contributed by atoms with Crippen LogP contribution in [0.15, 0.2) is 0 Å². The van der Waals surface area contributed by atoms with Crippen molar-refractivity contribution in [1.29, 1.82) is 0 Å². The monoisotopic (exact) mass is 183 g/mol. The molecule has 0 saturated heterocycles. The molecule has 0 radical (unpaired) electrons. The van der Waals surface area contributed by atoms with Crippen LogP contribution >= 0.6 is 18.7 Å². The summed E-state index contributed by atoms with van der Waals surface area (Å²) in [6.45, 7) is 4.37. The van der Waals surface area contributed by atoms with E-state index in [1.165, 1.54) is 5.75 Å². The summed E-state index contributed by atoms with van der Waals surface area (Å²) in [5.74, 6) is 2.25. The highest BCUT2D eigenvalue weighted by Crippen LogP contribution is 2.15. The molecule has 0 saturated carbocycles. The van der Waals surface area contributed by atoms with Crippen molar-refractivity contribution >= 4 is 30.5 Å². The van der Waals surface area contributed by atoms with Gasteiger partial charge in [-0.25, -0.2) is 0 Å². The molecule has 0 amide bonds. The van der Waals surface area contributed by atoms with E-state index in [1.54, 1.807) is 0 Å². The predicted molar refractivity (Wildman–Crippen MR) is 49.2 cm³/mol. The molecule has 0 rings (SSSR count). The molecule has 4 heteroatoms. The normalized spacial score (nSPS) is 11.6. The second-order valence-electron chi connectivity index (χ2n) is 1.47. The van der Waals surface area contributed by atoms with Crippen molar-refractivity contribution in [2.45, 2.75) is 6.92 Å². The molecule has 0 aliphatic carbocycles. The molecular formula is C5H12OPS2+. The lowest BCUT2D eigenvalue weighted by molar-refractivity contribution is 0.395. The van der Waals surface area contributed by atoms with Gasteiger partial charge in [0.15, 0.2) is 11.8 Å². The minimum absolute atomic E-state index is 0.547. The van der Waals surface area contributed by atoms with Crippen LogP contribution in [0.2, 0.25) is 0 Å². The highest BCUT2D eigenvalue weighted by molar-refractivity contribution is 8.02. The van der Waals surface area contributed by atoms with Crippen LogP contribution in [-0.4, -0.2) is 24.8 Å². The van der Waals surface area contributed by atoms with Gasteiger partial charge in [0.05, 0.1) is 0 Å². The van der Waals surface area contributed by atoms with Gasteiger partial charge in [0, 0.05) is 5.75 Å². The Morgan fingerprint density at radius 2 is 2.33 bits per heavy atom. The van der Waals surface area contributed by atoms with E-state index in [0.29, 0.717) is 0 Å². The zero-order valence-corrected chi connectivity index (χ0v) is 8.32. The van der Waals surface area contributed by atoms with Crippen LogP contribution in [0.3, 0.4) is 0 Å². The minimum Gasteiger partial charge on any atom is -0.168 e. The van der Waals surface area contributed by atoms with Crippen LogP contribution in [-0.2, 0) is 16.3 Å². The Balaban J connectivity index is 2.83. The third-order valence-electron chi connectivity index (χ3n) is 0.705. The summed E-state index contributed by atoms with van der Waals surface area (Å²) in [5, 5.41) is 0. The van der Waals surface area contributed by atoms with Crippen LogP contribution in [0.25, 0.3) is 0 Å². The van der Waals surface area contributed by atoms with Gasteiger partial charge < -0.3 is 0 Å². The molecular weight excluding hydrogens is 171 g/mol. The second-order valence-corrected chi connectivity index (χ2v) is 5.54. The maximum atomic E-state index is 5.20. The first-order valence-electron chi connectivity index (χ1n) is 2.89. The van der Waals surface area contributed by atoms with Crippen molar-refractivity contribution in [3.05, 3.63) is 0 Å². The minimum atomic E-state index is -0.547. The lowest BCUT2D eigenvalue weighted by Gasteiger charge is -1.90. The SMILES string of the molecule is CCSCCO[P+](C)=S. The lowest BCUT2D eigenvalue weighted by Crippen LogP contribution is -1.89. The van der Waals surface area contributed by atoms with Gasteiger partial charge in [-0.1, -0.05) is 6.92 Å². The molecule has 0 aromatic heterocycles. The van der Waals surface area contributed by atoms with Gasteiger partial charge in [-0.2, -0.15) is 16.3 Å². The molecule has 0 fully saturated rings. The number of hydrogen-bond donors (Lipinski definition) is 0. The Morgan fingerprint density at radius 3 is 2.78 bits per heavy atom. The molecule has 0 N–H and O–H groups in total. The third kappa shape index (κ3) is 8.83. The topological polar surface area (TPSA) is 9.23 Å². The summed E-state index contributed by atoms with van der Waals surface area (Å²) < 4.78 is 5.20. The summed E-state index contributed by atoms with van der Waals surface area (Å²) in [7, 11) is 0. The van der Waals surface area contributed by atoms with Crippen molar-refractivity contribution in [2.75, 3.05) is 24.8 Å². The lowest BCUT2D eigenvalue weighted by atomic mass is 10.9. The predicted octanol–water partition coefficient (Wildman–Crippen LogP) is 2.24. The zero-order valence-electron chi connectivity index (χ0n) is 5.79. The van der Waals surface area contributed by atoms with Gasteiger partial charge in [0.2, 0.25) is 0 Å². The average molecular weight is 183 g/mol. The van der Waals surface area contributed by atoms with E-state index in [9.17, 15) is 0 Å². The van der Waals surface area contributed by atoms with E-state index in [4.69, 9.17) is 16.3 Å². The Hall–Kier alpha value is 0.830. The first kappa shape index (κ1) is 9.83. The van der Waals surface area contributed by atoms with Gasteiger partial charge in [0.25, 0.3) is 0 Å². The van der Waals surface area contributed by atoms with Crippen LogP contribution in [0.1, 0.15) is 6.92 Å². The molecule has 0 aromatic rings. The highest BCUT2D eigenvalue weighted by Gasteiger charge is 1.98. The summed E-state index contributed by atoms with van der Waals surface area (Å²) in [6, 6.07) is 0. The van der Waals surface area contributed by atoms with Gasteiger partial charge in [-0.15, -0.1) is 0 Å². The average Bonchev–Trinajstić information content (AvgIpc) is 1.80. The molecule has 0 heterocycles. The van der Waals surface area contributed by atoms with E-state index >= 15 is 0 Å². The number of hydrogen-bond acceptors (Lipinski definition) is 3. The van der Waals surface area contributed by atoms with Gasteiger partial charge >= 0.3 is 6.92 Å². The van der Waals surface area contributed by atoms with Gasteiger partial charge in [-0.3, -0.25) is 0 Å². The van der Waals surface area contributed by atoms with E-state index < -0.39 is 6.92 Å². The zero-order chi connectivity index (χ0) is 7.11. The Kier molecular flexibility index (Phi) is 7.58. The molecule has 9 heavy (non-hydrogen) atoms. The highest BCUT2D eigenvalue weighted by atomic mass is 32.4. The van der Waals surface area contributed by atoms with E-state index in [2.05, 4.69) is 6.92 Å². The molecule has 54 valence electrons. The molecule has 1 atom stereocenters. The number of thioether (sulfide) groups is 1. The van der Waals surface area contributed by atoms with E-state index in [1.807, 2.05) is 18.4 Å². The van der Waals surface area contributed by atoms with Crippen LogP contribution in [0.4, 0.5) is 0 Å². The fraction of sp³-hybridized carbons (Fsp3) is 1.00. The Labute approximate surface area is 67.1 Å². The van der Waals surface area contributed by atoms with Crippen molar-refractivity contribution in [3.63, 3.8) is 0 Å². The Bertz CT molecular complexity index is 87.0. The summed E-state index contributed by atoms with van der Waals surface area (Å²) in [5.41, 5.74) is 0. The van der Waals surface area contributed by atoms with Crippen molar-refractivity contribution < 1.29 is 4.52 Å². The maximum Gasteiger partial charge on any atom is 0.334 e. The van der Waals surface area contributed by atoms with Crippen LogP contribution in [0, 0.1) is 0 Å². The first-order chi connectivity index (χ1) is 4.27. The standard InChI is InChI=1S/C5H12OPS2/c1-3-9-5-4-6-7(2)8/h3-5H2,1-2H3/q+1. The van der Waals surface area contributed by atoms with Crippen molar-refractivity contribution in [3.8, 4) is 0 Å². The summed E-state index contributed by atoms with van der Waals surface area (Å²) in [6.07, 6.45) is 0. The van der Waals surface area contributed by atoms with Gasteiger partial charge in [-0.05, 0) is 5.75 Å². The molecule has 0 spiro atoms. The largest absolute Gasteiger partial charge is 0.334 e. The summed E-state index contributed by atoms with van der Waals surface area (Å²) in [4.78, 5) is 0. The molecule has 0 aliphatic heterocycles. The number of rotatable bonds is 5.